The molecule has 0 aliphatic rings. The molecule has 0 aliphatic carbocycles. The van der Waals surface area contributed by atoms with Crippen molar-refractivity contribution >= 4 is 29.3 Å². The third-order valence-corrected chi connectivity index (χ3v) is 1.54. The number of halogens is 2. The molecule has 0 fully saturated rings. The first-order valence-electron chi connectivity index (χ1n) is 3.21. The SMILES string of the molecule is CNC(=O)Oc1cc(Cl)nnc1Cl. The van der Waals surface area contributed by atoms with Gasteiger partial charge < -0.3 is 10.1 Å². The van der Waals surface area contributed by atoms with Gasteiger partial charge in [0.2, 0.25) is 0 Å². The van der Waals surface area contributed by atoms with Crippen LogP contribution in [-0.2, 0) is 0 Å². The Morgan fingerprint density at radius 1 is 1.54 bits per heavy atom. The van der Waals surface area contributed by atoms with Gasteiger partial charge in [0.25, 0.3) is 0 Å². The van der Waals surface area contributed by atoms with Gasteiger partial charge in [-0.15, -0.1) is 10.2 Å². The third kappa shape index (κ3) is 2.71. The van der Waals surface area contributed by atoms with Crippen LogP contribution in [0.2, 0.25) is 10.3 Å². The van der Waals surface area contributed by atoms with Crippen molar-refractivity contribution in [1.82, 2.24) is 15.5 Å². The minimum Gasteiger partial charge on any atom is -0.407 e. The first-order chi connectivity index (χ1) is 6.13. The molecule has 1 heterocycles. The number of amides is 1. The van der Waals surface area contributed by atoms with Crippen LogP contribution in [0.1, 0.15) is 0 Å². The molecule has 0 bridgehead atoms. The van der Waals surface area contributed by atoms with Crippen LogP contribution >= 0.6 is 23.2 Å². The van der Waals surface area contributed by atoms with E-state index in [2.05, 4.69) is 15.5 Å². The molecule has 0 saturated heterocycles. The zero-order valence-electron chi connectivity index (χ0n) is 6.54. The molecule has 1 rings (SSSR count). The van der Waals surface area contributed by atoms with Crippen molar-refractivity contribution in [2.75, 3.05) is 7.05 Å². The van der Waals surface area contributed by atoms with Crippen molar-refractivity contribution in [3.63, 3.8) is 0 Å². The molecule has 0 aromatic carbocycles. The summed E-state index contributed by atoms with van der Waals surface area (Å²) in [6.07, 6.45) is -0.647. The van der Waals surface area contributed by atoms with Crippen molar-refractivity contribution in [3.8, 4) is 5.75 Å². The Balaban J connectivity index is 2.87. The quantitative estimate of drug-likeness (QED) is 0.781. The smallest absolute Gasteiger partial charge is 0.407 e. The van der Waals surface area contributed by atoms with Gasteiger partial charge in [-0.05, 0) is 0 Å². The van der Waals surface area contributed by atoms with Crippen LogP contribution in [0.3, 0.4) is 0 Å². The number of aromatic nitrogens is 2. The molecule has 1 aromatic rings. The van der Waals surface area contributed by atoms with E-state index in [9.17, 15) is 4.79 Å². The summed E-state index contributed by atoms with van der Waals surface area (Å²) >= 11 is 11.1. The van der Waals surface area contributed by atoms with Gasteiger partial charge in [-0.1, -0.05) is 23.2 Å². The van der Waals surface area contributed by atoms with Crippen LogP contribution < -0.4 is 10.1 Å². The standard InChI is InChI=1S/C6H5Cl2N3O2/c1-9-6(12)13-3-2-4(7)10-11-5(3)8/h2H,1H3,(H,9,12). The number of rotatable bonds is 1. The lowest BCUT2D eigenvalue weighted by Gasteiger charge is -2.03. The van der Waals surface area contributed by atoms with Gasteiger partial charge in [-0.2, -0.15) is 0 Å². The predicted molar refractivity (Wildman–Crippen MR) is 47.1 cm³/mol. The van der Waals surface area contributed by atoms with E-state index in [-0.39, 0.29) is 16.1 Å². The molecule has 1 N–H and O–H groups in total. The largest absolute Gasteiger partial charge is 0.412 e. The monoisotopic (exact) mass is 221 g/mol. The van der Waals surface area contributed by atoms with Crippen LogP contribution in [0.25, 0.3) is 0 Å². The van der Waals surface area contributed by atoms with Gasteiger partial charge in [-0.3, -0.25) is 0 Å². The molecule has 0 aliphatic heterocycles. The second kappa shape index (κ2) is 4.25. The molecule has 5 nitrogen and oxygen atoms in total. The average molecular weight is 222 g/mol. The Kier molecular flexibility index (Phi) is 3.27. The maximum Gasteiger partial charge on any atom is 0.412 e. The number of ether oxygens (including phenoxy) is 1. The summed E-state index contributed by atoms with van der Waals surface area (Å²) in [4.78, 5) is 10.8. The van der Waals surface area contributed by atoms with Crippen LogP contribution in [0.5, 0.6) is 5.75 Å². The minimum absolute atomic E-state index is 0.0204. The second-order valence-corrected chi connectivity index (χ2v) is 2.71. The molecular weight excluding hydrogens is 217 g/mol. The fourth-order valence-corrected chi connectivity index (χ4v) is 0.828. The maximum atomic E-state index is 10.8. The molecule has 0 radical (unpaired) electrons. The number of nitrogens with one attached hydrogen (secondary N) is 1. The summed E-state index contributed by atoms with van der Waals surface area (Å²) in [6, 6.07) is 1.30. The molecular formula is C6H5Cl2N3O2. The summed E-state index contributed by atoms with van der Waals surface area (Å²) in [7, 11) is 1.42. The Morgan fingerprint density at radius 3 is 2.85 bits per heavy atom. The average Bonchev–Trinajstić information content (AvgIpc) is 2.11. The number of nitrogens with zero attached hydrogens (tertiary/aromatic N) is 2. The second-order valence-electron chi connectivity index (χ2n) is 1.96. The molecule has 1 amide bonds. The summed E-state index contributed by atoms with van der Waals surface area (Å²) in [5, 5.41) is 9.22. The van der Waals surface area contributed by atoms with E-state index in [0.29, 0.717) is 0 Å². The van der Waals surface area contributed by atoms with E-state index in [1.807, 2.05) is 0 Å². The van der Waals surface area contributed by atoms with Crippen molar-refractivity contribution in [1.29, 1.82) is 0 Å². The maximum absolute atomic E-state index is 10.8. The Bertz CT molecular complexity index is 332. The van der Waals surface area contributed by atoms with E-state index in [0.717, 1.165) is 0 Å². The van der Waals surface area contributed by atoms with Crippen LogP contribution in [0.4, 0.5) is 4.79 Å². The highest BCUT2D eigenvalue weighted by Crippen LogP contribution is 2.23. The molecule has 0 spiro atoms. The van der Waals surface area contributed by atoms with E-state index < -0.39 is 6.09 Å². The lowest BCUT2D eigenvalue weighted by atomic mass is 10.5. The Morgan fingerprint density at radius 2 is 2.23 bits per heavy atom. The lowest BCUT2D eigenvalue weighted by Crippen LogP contribution is -2.22. The van der Waals surface area contributed by atoms with Crippen LogP contribution in [0, 0.1) is 0 Å². The van der Waals surface area contributed by atoms with Gasteiger partial charge >= 0.3 is 6.09 Å². The summed E-state index contributed by atoms with van der Waals surface area (Å²) in [5.41, 5.74) is 0. The Labute approximate surface area is 84.0 Å². The summed E-state index contributed by atoms with van der Waals surface area (Å²) < 4.78 is 4.71. The van der Waals surface area contributed by atoms with E-state index in [4.69, 9.17) is 27.9 Å². The molecule has 13 heavy (non-hydrogen) atoms. The summed E-state index contributed by atoms with van der Waals surface area (Å²) in [6.45, 7) is 0. The van der Waals surface area contributed by atoms with E-state index in [1.54, 1.807) is 0 Å². The molecule has 7 heteroatoms. The third-order valence-electron chi connectivity index (χ3n) is 1.09. The first-order valence-corrected chi connectivity index (χ1v) is 3.97. The zero-order chi connectivity index (χ0) is 9.84. The van der Waals surface area contributed by atoms with Crippen molar-refractivity contribution in [3.05, 3.63) is 16.4 Å². The van der Waals surface area contributed by atoms with Gasteiger partial charge in [-0.25, -0.2) is 4.79 Å². The first kappa shape index (κ1) is 10.0. The van der Waals surface area contributed by atoms with Crippen LogP contribution in [0.15, 0.2) is 6.07 Å². The van der Waals surface area contributed by atoms with Crippen molar-refractivity contribution in [2.24, 2.45) is 0 Å². The molecule has 0 atom stereocenters. The topological polar surface area (TPSA) is 64.1 Å². The van der Waals surface area contributed by atoms with E-state index >= 15 is 0 Å². The molecule has 70 valence electrons. The highest BCUT2D eigenvalue weighted by molar-refractivity contribution is 6.32. The van der Waals surface area contributed by atoms with Crippen LogP contribution in [-0.4, -0.2) is 23.3 Å². The Hall–Kier alpha value is -1.07. The minimum atomic E-state index is -0.647. The lowest BCUT2D eigenvalue weighted by molar-refractivity contribution is 0.202. The highest BCUT2D eigenvalue weighted by Gasteiger charge is 2.08. The highest BCUT2D eigenvalue weighted by atomic mass is 35.5. The molecule has 0 saturated carbocycles. The van der Waals surface area contributed by atoms with Gasteiger partial charge in [0.1, 0.15) is 0 Å². The van der Waals surface area contributed by atoms with Gasteiger partial charge in [0.15, 0.2) is 16.1 Å². The summed E-state index contributed by atoms with van der Waals surface area (Å²) in [5.74, 6) is 0.0704. The van der Waals surface area contributed by atoms with Crippen molar-refractivity contribution < 1.29 is 9.53 Å². The number of hydrogen-bond acceptors (Lipinski definition) is 4. The number of carbonyl (C=O) groups excluding carboxylic acids is 1. The number of carbonyl (C=O) groups is 1. The van der Waals surface area contributed by atoms with Gasteiger partial charge in [0, 0.05) is 13.1 Å². The zero-order valence-corrected chi connectivity index (χ0v) is 8.06. The molecule has 0 unspecified atom stereocenters. The fourth-order valence-electron chi connectivity index (χ4n) is 0.560. The number of hydrogen-bond donors (Lipinski definition) is 1. The fraction of sp³-hybridized carbons (Fsp3) is 0.167. The van der Waals surface area contributed by atoms with Crippen molar-refractivity contribution in [2.45, 2.75) is 0 Å². The molecule has 1 aromatic heterocycles. The predicted octanol–water partition coefficient (Wildman–Crippen LogP) is 1.50. The van der Waals surface area contributed by atoms with Gasteiger partial charge in [0.05, 0.1) is 0 Å². The normalized spacial score (nSPS) is 9.46. The van der Waals surface area contributed by atoms with E-state index in [1.165, 1.54) is 13.1 Å².